The highest BCUT2D eigenvalue weighted by Crippen LogP contribution is 2.22. The molecule has 0 aliphatic heterocycles. The van der Waals surface area contributed by atoms with E-state index in [0.29, 0.717) is 22.3 Å². The van der Waals surface area contributed by atoms with E-state index in [1.807, 2.05) is 42.1 Å². The molecule has 0 amide bonds. The first-order valence-electron chi connectivity index (χ1n) is 7.77. The number of ketones is 1. The Labute approximate surface area is 151 Å². The number of nitrogens with zero attached hydrogens (tertiary/aromatic N) is 2. The first-order valence-corrected chi connectivity index (χ1v) is 8.15. The minimum atomic E-state index is -0.0381. The summed E-state index contributed by atoms with van der Waals surface area (Å²) in [6.07, 6.45) is 1.87. The van der Waals surface area contributed by atoms with E-state index in [1.54, 1.807) is 35.9 Å². The number of aromatic nitrogens is 2. The molecule has 2 N–H and O–H groups in total. The van der Waals surface area contributed by atoms with Crippen molar-refractivity contribution in [3.05, 3.63) is 65.3 Å². The molecule has 0 saturated heterocycles. The third-order valence-corrected chi connectivity index (χ3v) is 4.38. The third kappa shape index (κ3) is 3.51. The van der Waals surface area contributed by atoms with Gasteiger partial charge in [0.15, 0.2) is 5.78 Å². The van der Waals surface area contributed by atoms with Crippen LogP contribution in [-0.4, -0.2) is 17.5 Å². The fourth-order valence-electron chi connectivity index (χ4n) is 2.67. The number of Topliss-reactive ketones (excluding diaryl/α,β-unsaturated/α-hetero) is 1. The van der Waals surface area contributed by atoms with Gasteiger partial charge in [-0.1, -0.05) is 23.7 Å². The van der Waals surface area contributed by atoms with E-state index < -0.39 is 0 Å². The highest BCUT2D eigenvalue weighted by Gasteiger charge is 2.20. The van der Waals surface area contributed by atoms with Crippen LogP contribution in [0.4, 0.5) is 5.95 Å². The molecule has 3 rings (SSSR count). The summed E-state index contributed by atoms with van der Waals surface area (Å²) < 4.78 is 8.76. The number of imidazole rings is 1. The van der Waals surface area contributed by atoms with E-state index in [2.05, 4.69) is 0 Å². The van der Waals surface area contributed by atoms with Crippen molar-refractivity contribution in [2.45, 2.75) is 6.54 Å². The summed E-state index contributed by atoms with van der Waals surface area (Å²) in [6, 6.07) is 14.6. The minimum Gasteiger partial charge on any atom is -0.497 e. The molecule has 3 aromatic rings. The Bertz CT molecular complexity index is 917. The van der Waals surface area contributed by atoms with Crippen LogP contribution in [0.2, 0.25) is 5.02 Å². The maximum atomic E-state index is 12.6. The molecule has 1 heterocycles. The Morgan fingerprint density at radius 1 is 1.24 bits per heavy atom. The Balaban J connectivity index is 1.89. The number of nitrogens with two attached hydrogens (primary N) is 1. The highest BCUT2D eigenvalue weighted by atomic mass is 35.5. The molecule has 25 heavy (non-hydrogen) atoms. The lowest BCUT2D eigenvalue weighted by molar-refractivity contribution is -0.667. The smallest absolute Gasteiger partial charge is 0.355 e. The maximum absolute atomic E-state index is 12.6. The number of nitrogen functional groups attached to an aromatic ring is 1. The lowest BCUT2D eigenvalue weighted by Crippen LogP contribution is -2.39. The summed E-state index contributed by atoms with van der Waals surface area (Å²) in [5.41, 5.74) is 8.65. The molecule has 0 atom stereocenters. The number of hydrogen-bond donors (Lipinski definition) is 1. The molecule has 6 heteroatoms. The Morgan fingerprint density at radius 3 is 2.64 bits per heavy atom. The number of hydrogen-bond acceptors (Lipinski definition) is 3. The van der Waals surface area contributed by atoms with Gasteiger partial charge in [-0.2, -0.15) is 0 Å². The maximum Gasteiger partial charge on any atom is 0.355 e. The van der Waals surface area contributed by atoms with E-state index in [0.717, 1.165) is 11.3 Å². The number of benzene rings is 2. The van der Waals surface area contributed by atoms with Crippen molar-refractivity contribution in [1.82, 2.24) is 4.57 Å². The van der Waals surface area contributed by atoms with Gasteiger partial charge in [-0.3, -0.25) is 10.5 Å². The summed E-state index contributed by atoms with van der Waals surface area (Å²) in [5, 5.41) is 0.673. The molecule has 0 saturated carbocycles. The van der Waals surface area contributed by atoms with Crippen LogP contribution < -0.4 is 15.0 Å². The molecule has 2 aromatic carbocycles. The van der Waals surface area contributed by atoms with Gasteiger partial charge >= 0.3 is 5.95 Å². The van der Waals surface area contributed by atoms with E-state index in [4.69, 9.17) is 22.1 Å². The summed E-state index contributed by atoms with van der Waals surface area (Å²) in [5.74, 6) is 1.11. The summed E-state index contributed by atoms with van der Waals surface area (Å²) in [7, 11) is 3.44. The lowest BCUT2D eigenvalue weighted by atomic mass is 10.1. The van der Waals surface area contributed by atoms with Gasteiger partial charge in [0.25, 0.3) is 0 Å². The summed E-state index contributed by atoms with van der Waals surface area (Å²) >= 11 is 5.95. The number of anilines is 1. The van der Waals surface area contributed by atoms with Gasteiger partial charge in [0.1, 0.15) is 24.2 Å². The predicted molar refractivity (Wildman–Crippen MR) is 97.8 cm³/mol. The molecule has 1 aromatic heterocycles. The zero-order valence-electron chi connectivity index (χ0n) is 14.1. The summed E-state index contributed by atoms with van der Waals surface area (Å²) in [6.45, 7) is 0.153. The summed E-state index contributed by atoms with van der Waals surface area (Å²) in [4.78, 5) is 12.6. The number of halogens is 1. The average molecular weight is 357 g/mol. The van der Waals surface area contributed by atoms with Crippen molar-refractivity contribution in [3.8, 4) is 17.0 Å². The van der Waals surface area contributed by atoms with Gasteiger partial charge in [-0.25, -0.2) is 9.13 Å². The Hall–Kier alpha value is -2.79. The van der Waals surface area contributed by atoms with Crippen LogP contribution in [0.1, 0.15) is 10.4 Å². The fraction of sp³-hybridized carbons (Fsp3) is 0.158. The van der Waals surface area contributed by atoms with E-state index >= 15 is 0 Å². The molecule has 0 aliphatic rings. The van der Waals surface area contributed by atoms with E-state index in [-0.39, 0.29) is 12.3 Å². The first-order chi connectivity index (χ1) is 12.0. The number of carbonyl (C=O) groups excluding carboxylic acids is 1. The quantitative estimate of drug-likeness (QED) is 0.564. The van der Waals surface area contributed by atoms with Crippen molar-refractivity contribution < 1.29 is 14.1 Å². The van der Waals surface area contributed by atoms with Gasteiger partial charge in [0.2, 0.25) is 0 Å². The number of carbonyl (C=O) groups is 1. The average Bonchev–Trinajstić information content (AvgIpc) is 2.91. The van der Waals surface area contributed by atoms with Crippen molar-refractivity contribution in [2.75, 3.05) is 12.8 Å². The lowest BCUT2D eigenvalue weighted by Gasteiger charge is -2.03. The predicted octanol–water partition coefficient (Wildman–Crippen LogP) is 3.11. The minimum absolute atomic E-state index is 0.0381. The van der Waals surface area contributed by atoms with Crippen LogP contribution in [0.5, 0.6) is 5.75 Å². The van der Waals surface area contributed by atoms with Gasteiger partial charge in [0.05, 0.1) is 14.2 Å². The molecule has 0 fully saturated rings. The van der Waals surface area contributed by atoms with Crippen LogP contribution in [0.15, 0.2) is 54.7 Å². The van der Waals surface area contributed by atoms with E-state index in [1.165, 1.54) is 0 Å². The largest absolute Gasteiger partial charge is 0.497 e. The van der Waals surface area contributed by atoms with Crippen LogP contribution in [0, 0.1) is 0 Å². The van der Waals surface area contributed by atoms with Gasteiger partial charge < -0.3 is 4.74 Å². The number of rotatable bonds is 5. The number of ether oxygens (including phenoxy) is 1. The molecule has 0 spiro atoms. The van der Waals surface area contributed by atoms with E-state index in [9.17, 15) is 4.79 Å². The standard InChI is InChI=1S/C19H18ClN3O2/c1-22-17(13-6-8-15(20)9-7-13)11-23(19(22)21)12-18(24)14-4-3-5-16(10-14)25-2/h3-11,21H,12H2,1-2H3/p+1. The van der Waals surface area contributed by atoms with Gasteiger partial charge in [-0.15, -0.1) is 0 Å². The second-order valence-electron chi connectivity index (χ2n) is 5.72. The number of methoxy groups -OCH3 is 1. The Morgan fingerprint density at radius 2 is 1.96 bits per heavy atom. The monoisotopic (exact) mass is 356 g/mol. The second kappa shape index (κ2) is 6.99. The van der Waals surface area contributed by atoms with Crippen molar-refractivity contribution in [2.24, 2.45) is 7.05 Å². The second-order valence-corrected chi connectivity index (χ2v) is 6.16. The molecule has 128 valence electrons. The van der Waals surface area contributed by atoms with Crippen molar-refractivity contribution in [1.29, 1.82) is 0 Å². The Kier molecular flexibility index (Phi) is 4.76. The third-order valence-electron chi connectivity index (χ3n) is 4.12. The zero-order valence-corrected chi connectivity index (χ0v) is 14.8. The van der Waals surface area contributed by atoms with Crippen LogP contribution in [0.3, 0.4) is 0 Å². The highest BCUT2D eigenvalue weighted by molar-refractivity contribution is 6.30. The first kappa shape index (κ1) is 17.0. The van der Waals surface area contributed by atoms with Gasteiger partial charge in [0, 0.05) is 16.1 Å². The SMILES string of the molecule is COc1cccc(C(=O)C[n+]2cc(-c3ccc(Cl)cc3)n(C)c2N)c1. The molecular formula is C19H19ClN3O2+. The van der Waals surface area contributed by atoms with Crippen molar-refractivity contribution in [3.63, 3.8) is 0 Å². The molecule has 0 aliphatic carbocycles. The molecule has 0 bridgehead atoms. The molecule has 5 nitrogen and oxygen atoms in total. The van der Waals surface area contributed by atoms with Crippen LogP contribution in [0.25, 0.3) is 11.3 Å². The zero-order chi connectivity index (χ0) is 18.0. The topological polar surface area (TPSA) is 61.1 Å². The fourth-order valence-corrected chi connectivity index (χ4v) is 2.80. The van der Waals surface area contributed by atoms with Crippen molar-refractivity contribution >= 4 is 23.3 Å². The molecule has 0 unspecified atom stereocenters. The molecule has 0 radical (unpaired) electrons. The molecular weight excluding hydrogens is 338 g/mol. The van der Waals surface area contributed by atoms with Crippen LogP contribution >= 0.6 is 11.6 Å². The van der Waals surface area contributed by atoms with Crippen LogP contribution in [-0.2, 0) is 13.6 Å². The normalized spacial score (nSPS) is 10.7. The van der Waals surface area contributed by atoms with Gasteiger partial charge in [-0.05, 0) is 36.4 Å².